The average molecular weight is 384 g/mol. The Morgan fingerprint density at radius 3 is 2.39 bits per heavy atom. The van der Waals surface area contributed by atoms with E-state index >= 15 is 0 Å². The van der Waals surface area contributed by atoms with Crippen LogP contribution in [0.2, 0.25) is 0 Å². The molecule has 4 atom stereocenters. The van der Waals surface area contributed by atoms with Gasteiger partial charge in [-0.3, -0.25) is 24.1 Å². The van der Waals surface area contributed by atoms with E-state index in [4.69, 9.17) is 4.74 Å². The number of rotatable bonds is 5. The van der Waals surface area contributed by atoms with Crippen LogP contribution in [0, 0.1) is 37.5 Å². The quantitative estimate of drug-likeness (QED) is 0.617. The molecule has 0 unspecified atom stereocenters. The summed E-state index contributed by atoms with van der Waals surface area (Å²) in [4.78, 5) is 50.4. The topological polar surface area (TPSA) is 92.8 Å². The van der Waals surface area contributed by atoms with Crippen molar-refractivity contribution in [1.29, 1.82) is 0 Å². The number of likely N-dealkylation sites (tertiary alicyclic amines) is 1. The maximum absolute atomic E-state index is 12.6. The number of nitrogens with one attached hydrogen (secondary N) is 1. The molecule has 2 aliphatic carbocycles. The van der Waals surface area contributed by atoms with Gasteiger partial charge in [0.25, 0.3) is 5.91 Å². The minimum atomic E-state index is -0.745. The lowest BCUT2D eigenvalue weighted by atomic mass is 9.81. The van der Waals surface area contributed by atoms with Crippen molar-refractivity contribution in [3.63, 3.8) is 0 Å². The van der Waals surface area contributed by atoms with Gasteiger partial charge < -0.3 is 10.1 Å². The van der Waals surface area contributed by atoms with Gasteiger partial charge >= 0.3 is 5.97 Å². The van der Waals surface area contributed by atoms with Crippen molar-refractivity contribution in [3.8, 4) is 0 Å². The lowest BCUT2D eigenvalue weighted by Crippen LogP contribution is -2.38. The molecule has 2 bridgehead atoms. The zero-order valence-electron chi connectivity index (χ0n) is 16.1. The molecule has 1 saturated heterocycles. The molecule has 28 heavy (non-hydrogen) atoms. The van der Waals surface area contributed by atoms with Crippen LogP contribution in [0.1, 0.15) is 30.4 Å². The highest BCUT2D eigenvalue weighted by Crippen LogP contribution is 2.56. The van der Waals surface area contributed by atoms with Crippen molar-refractivity contribution in [2.75, 3.05) is 18.5 Å². The second-order valence-electron chi connectivity index (χ2n) is 8.17. The minimum absolute atomic E-state index is 0.251. The van der Waals surface area contributed by atoms with Crippen molar-refractivity contribution >= 4 is 29.4 Å². The largest absolute Gasteiger partial charge is 0.454 e. The monoisotopic (exact) mass is 384 g/mol. The SMILES string of the molecule is Cc1ccc(C)c(NC(=O)COC(=O)CN2C(=O)[C@@H]3[C@@H]4CC[C@@H](C4)[C@@H]3C2=O)c1. The number of benzene rings is 1. The standard InChI is InChI=1S/C21H24N2O5/c1-11-3-4-12(2)15(7-11)22-16(24)10-28-17(25)9-23-20(26)18-13-5-6-14(8-13)19(18)21(23)27/h3-4,7,13-14,18-19H,5-6,8-10H2,1-2H3,(H,22,24)/t13-,14+,18-,19+. The predicted octanol–water partition coefficient (Wildman–Crippen LogP) is 1.82. The van der Waals surface area contributed by atoms with E-state index in [1.807, 2.05) is 32.0 Å². The molecule has 7 nitrogen and oxygen atoms in total. The fraction of sp³-hybridized carbons (Fsp3) is 0.524. The van der Waals surface area contributed by atoms with Crippen LogP contribution < -0.4 is 5.32 Å². The number of ether oxygens (including phenoxy) is 1. The molecule has 1 aromatic carbocycles. The fourth-order valence-corrected chi connectivity index (χ4v) is 5.00. The van der Waals surface area contributed by atoms with Gasteiger partial charge in [-0.25, -0.2) is 0 Å². The summed E-state index contributed by atoms with van der Waals surface area (Å²) in [7, 11) is 0. The average Bonchev–Trinajstić information content (AvgIpc) is 3.33. The Kier molecular flexibility index (Phi) is 4.69. The van der Waals surface area contributed by atoms with Crippen molar-refractivity contribution in [2.24, 2.45) is 23.7 Å². The molecule has 1 aromatic rings. The zero-order chi connectivity index (χ0) is 20.0. The first kappa shape index (κ1) is 18.7. The van der Waals surface area contributed by atoms with Gasteiger partial charge in [0, 0.05) is 5.69 Å². The lowest BCUT2D eigenvalue weighted by Gasteiger charge is -2.19. The normalized spacial score (nSPS) is 27.9. The van der Waals surface area contributed by atoms with E-state index < -0.39 is 25.0 Å². The molecule has 1 N–H and O–H groups in total. The summed E-state index contributed by atoms with van der Waals surface area (Å²) in [5.74, 6) is -1.68. The van der Waals surface area contributed by atoms with Crippen molar-refractivity contribution in [3.05, 3.63) is 29.3 Å². The first-order valence-corrected chi connectivity index (χ1v) is 9.73. The van der Waals surface area contributed by atoms with Crippen LogP contribution in [-0.2, 0) is 23.9 Å². The summed E-state index contributed by atoms with van der Waals surface area (Å²) in [5, 5.41) is 2.71. The van der Waals surface area contributed by atoms with Gasteiger partial charge in [0.2, 0.25) is 11.8 Å². The molecular weight excluding hydrogens is 360 g/mol. The zero-order valence-corrected chi connectivity index (χ0v) is 16.1. The number of nitrogens with zero attached hydrogens (tertiary/aromatic N) is 1. The molecule has 3 fully saturated rings. The first-order valence-electron chi connectivity index (χ1n) is 9.73. The molecule has 3 aliphatic rings. The molecule has 2 saturated carbocycles. The minimum Gasteiger partial charge on any atom is -0.454 e. The maximum atomic E-state index is 12.6. The summed E-state index contributed by atoms with van der Waals surface area (Å²) < 4.78 is 5.00. The Labute approximate surface area is 163 Å². The van der Waals surface area contributed by atoms with Crippen LogP contribution in [0.5, 0.6) is 0 Å². The molecule has 0 radical (unpaired) electrons. The smallest absolute Gasteiger partial charge is 0.326 e. The Morgan fingerprint density at radius 1 is 1.11 bits per heavy atom. The molecule has 0 spiro atoms. The van der Waals surface area contributed by atoms with Gasteiger partial charge in [-0.05, 0) is 62.1 Å². The summed E-state index contributed by atoms with van der Waals surface area (Å²) in [6.45, 7) is 2.91. The number of anilines is 1. The Balaban J connectivity index is 1.30. The van der Waals surface area contributed by atoms with E-state index in [2.05, 4.69) is 5.32 Å². The van der Waals surface area contributed by atoms with E-state index in [1.165, 1.54) is 0 Å². The van der Waals surface area contributed by atoms with Crippen molar-refractivity contribution in [1.82, 2.24) is 4.90 Å². The number of carbonyl (C=O) groups is 4. The highest BCUT2D eigenvalue weighted by atomic mass is 16.5. The summed E-state index contributed by atoms with van der Waals surface area (Å²) in [5.41, 5.74) is 2.57. The second kappa shape index (κ2) is 7.04. The number of hydrogen-bond donors (Lipinski definition) is 1. The van der Waals surface area contributed by atoms with Crippen LogP contribution in [-0.4, -0.2) is 41.7 Å². The van der Waals surface area contributed by atoms with Crippen molar-refractivity contribution in [2.45, 2.75) is 33.1 Å². The number of amides is 3. The van der Waals surface area contributed by atoms with Crippen LogP contribution in [0.15, 0.2) is 18.2 Å². The Bertz CT molecular complexity index is 836. The molecule has 7 heteroatoms. The number of imide groups is 1. The third kappa shape index (κ3) is 3.19. The van der Waals surface area contributed by atoms with Gasteiger partial charge in [-0.2, -0.15) is 0 Å². The fourth-order valence-electron chi connectivity index (χ4n) is 5.00. The van der Waals surface area contributed by atoms with E-state index in [1.54, 1.807) is 0 Å². The van der Waals surface area contributed by atoms with Crippen molar-refractivity contribution < 1.29 is 23.9 Å². The molecule has 1 heterocycles. The predicted molar refractivity (Wildman–Crippen MR) is 100 cm³/mol. The number of aryl methyl sites for hydroxylation is 2. The lowest BCUT2D eigenvalue weighted by molar-refractivity contribution is -0.154. The summed E-state index contributed by atoms with van der Waals surface area (Å²) in [6.07, 6.45) is 2.92. The van der Waals surface area contributed by atoms with Crippen LogP contribution in [0.3, 0.4) is 0 Å². The van der Waals surface area contributed by atoms with Crippen LogP contribution >= 0.6 is 0 Å². The van der Waals surface area contributed by atoms with E-state index in [0.717, 1.165) is 35.3 Å². The highest BCUT2D eigenvalue weighted by molar-refractivity contribution is 6.08. The summed E-state index contributed by atoms with van der Waals surface area (Å²) >= 11 is 0. The molecule has 1 aliphatic heterocycles. The number of fused-ring (bicyclic) bond motifs is 5. The molecular formula is C21H24N2O5. The molecule has 3 amide bonds. The van der Waals surface area contributed by atoms with E-state index in [9.17, 15) is 19.2 Å². The first-order chi connectivity index (χ1) is 13.3. The molecule has 148 valence electrons. The van der Waals surface area contributed by atoms with Gasteiger partial charge in [0.1, 0.15) is 6.54 Å². The van der Waals surface area contributed by atoms with Crippen LogP contribution in [0.25, 0.3) is 0 Å². The third-order valence-corrected chi connectivity index (χ3v) is 6.34. The van der Waals surface area contributed by atoms with Gasteiger partial charge in [-0.1, -0.05) is 12.1 Å². The van der Waals surface area contributed by atoms with Crippen LogP contribution in [0.4, 0.5) is 5.69 Å². The van der Waals surface area contributed by atoms with Gasteiger partial charge in [0.15, 0.2) is 6.61 Å². The molecule has 4 rings (SSSR count). The van der Waals surface area contributed by atoms with Gasteiger partial charge in [0.05, 0.1) is 11.8 Å². The number of esters is 1. The second-order valence-corrected chi connectivity index (χ2v) is 8.17. The number of hydrogen-bond acceptors (Lipinski definition) is 5. The van der Waals surface area contributed by atoms with Gasteiger partial charge in [-0.15, -0.1) is 0 Å². The third-order valence-electron chi connectivity index (χ3n) is 6.34. The summed E-state index contributed by atoms with van der Waals surface area (Å²) in [6, 6.07) is 5.67. The Morgan fingerprint density at radius 2 is 1.75 bits per heavy atom. The maximum Gasteiger partial charge on any atom is 0.326 e. The Hall–Kier alpha value is -2.70. The highest BCUT2D eigenvalue weighted by Gasteiger charge is 2.61. The molecule has 0 aromatic heterocycles. The van der Waals surface area contributed by atoms with E-state index in [-0.39, 0.29) is 35.5 Å². The van der Waals surface area contributed by atoms with E-state index in [0.29, 0.717) is 5.69 Å². The number of carbonyl (C=O) groups excluding carboxylic acids is 4.